The standard InChI is InChI=1S/C59H52FN3O7/c1-62-34-33-61-56(62)46-23-28-49(29-24-46)63-55(51(57(63)65)31-32-53(64)45-21-26-48(60)27-22-45)50-30-25-47(36-54(50)68-37-41-11-5-2-6-12-41)44-19-17-40(18-20-44)35-52(58(66)69-38-42-13-7-3-8-14-42)59(67)70-39-43-15-9-4-10-16-43/h2-30,33-34,36,51-53,55,64H,31-32,35,37-39H2,1H3/t51-,53+,55-/m1/s1. The number of imidazole rings is 1. The van der Waals surface area contributed by atoms with E-state index < -0.39 is 35.9 Å². The number of hydrogen-bond acceptors (Lipinski definition) is 8. The first-order chi connectivity index (χ1) is 34.2. The lowest BCUT2D eigenvalue weighted by molar-refractivity contribution is -0.163. The van der Waals surface area contributed by atoms with Crippen molar-refractivity contribution in [2.75, 3.05) is 4.90 Å². The average molecular weight is 934 g/mol. The first kappa shape index (κ1) is 46.9. The lowest BCUT2D eigenvalue weighted by atomic mass is 9.77. The van der Waals surface area contributed by atoms with E-state index in [1.807, 2.05) is 176 Å². The van der Waals surface area contributed by atoms with Gasteiger partial charge in [-0.1, -0.05) is 140 Å². The predicted molar refractivity (Wildman–Crippen MR) is 265 cm³/mol. The van der Waals surface area contributed by atoms with Crippen LogP contribution in [0.5, 0.6) is 5.75 Å². The fourth-order valence-electron chi connectivity index (χ4n) is 8.89. The van der Waals surface area contributed by atoms with Crippen LogP contribution < -0.4 is 9.64 Å². The largest absolute Gasteiger partial charge is 0.489 e. The maximum atomic E-state index is 14.4. The van der Waals surface area contributed by atoms with Gasteiger partial charge in [-0.15, -0.1) is 0 Å². The minimum Gasteiger partial charge on any atom is -0.489 e. The third-order valence-corrected chi connectivity index (χ3v) is 12.8. The number of esters is 2. The maximum absolute atomic E-state index is 14.4. The van der Waals surface area contributed by atoms with Gasteiger partial charge >= 0.3 is 11.9 Å². The highest BCUT2D eigenvalue weighted by Gasteiger charge is 2.49. The molecular formula is C59H52FN3O7. The number of amides is 1. The van der Waals surface area contributed by atoms with Crippen LogP contribution in [-0.2, 0) is 57.1 Å². The fourth-order valence-corrected chi connectivity index (χ4v) is 8.89. The molecule has 3 atom stereocenters. The third-order valence-electron chi connectivity index (χ3n) is 12.8. The monoisotopic (exact) mass is 933 g/mol. The van der Waals surface area contributed by atoms with Gasteiger partial charge in [0, 0.05) is 36.3 Å². The number of benzene rings is 7. The van der Waals surface area contributed by atoms with E-state index >= 15 is 0 Å². The number of ether oxygens (including phenoxy) is 3. The Morgan fingerprint density at radius 1 is 0.657 bits per heavy atom. The molecule has 1 N–H and O–H groups in total. The summed E-state index contributed by atoms with van der Waals surface area (Å²) in [6.45, 7) is 0.316. The van der Waals surface area contributed by atoms with Crippen molar-refractivity contribution < 1.29 is 38.1 Å². The minimum atomic E-state index is -1.19. The first-order valence-electron chi connectivity index (χ1n) is 23.3. The molecule has 0 radical (unpaired) electrons. The van der Waals surface area contributed by atoms with E-state index in [1.165, 1.54) is 12.1 Å². The number of aryl methyl sites for hydroxylation is 1. The van der Waals surface area contributed by atoms with Gasteiger partial charge in [-0.2, -0.15) is 0 Å². The molecule has 0 unspecified atom stereocenters. The molecule has 0 saturated carbocycles. The molecule has 1 amide bonds. The molecule has 0 aliphatic carbocycles. The molecule has 7 aromatic carbocycles. The quantitative estimate of drug-likeness (QED) is 0.0484. The highest BCUT2D eigenvalue weighted by molar-refractivity contribution is 6.03. The number of nitrogens with zero attached hydrogens (tertiary/aromatic N) is 3. The number of aromatic nitrogens is 2. The van der Waals surface area contributed by atoms with E-state index in [0.29, 0.717) is 23.4 Å². The van der Waals surface area contributed by atoms with Crippen LogP contribution in [0.1, 0.15) is 58.4 Å². The molecule has 1 fully saturated rings. The molecule has 1 saturated heterocycles. The van der Waals surface area contributed by atoms with Crippen LogP contribution in [0.25, 0.3) is 22.5 Å². The second-order valence-corrected chi connectivity index (χ2v) is 17.5. The summed E-state index contributed by atoms with van der Waals surface area (Å²) < 4.78 is 33.7. The molecular weight excluding hydrogens is 882 g/mol. The van der Waals surface area contributed by atoms with Gasteiger partial charge in [0.25, 0.3) is 0 Å². The number of carbonyl (C=O) groups is 3. The predicted octanol–water partition coefficient (Wildman–Crippen LogP) is 11.3. The van der Waals surface area contributed by atoms with Gasteiger partial charge < -0.3 is 28.8 Å². The molecule has 10 nitrogen and oxygen atoms in total. The van der Waals surface area contributed by atoms with Crippen molar-refractivity contribution in [3.8, 4) is 28.3 Å². The van der Waals surface area contributed by atoms with E-state index in [9.17, 15) is 23.9 Å². The summed E-state index contributed by atoms with van der Waals surface area (Å²) in [5.41, 5.74) is 8.02. The van der Waals surface area contributed by atoms with Gasteiger partial charge in [0.05, 0.1) is 18.1 Å². The summed E-state index contributed by atoms with van der Waals surface area (Å²) in [5, 5.41) is 11.2. The van der Waals surface area contributed by atoms with Crippen LogP contribution in [0.15, 0.2) is 194 Å². The molecule has 0 spiro atoms. The van der Waals surface area contributed by atoms with Crippen LogP contribution in [0.3, 0.4) is 0 Å². The summed E-state index contributed by atoms with van der Waals surface area (Å²) in [5.74, 6) is -2.12. The Hall–Kier alpha value is -8.15. The topological polar surface area (TPSA) is 120 Å². The van der Waals surface area contributed by atoms with E-state index in [4.69, 9.17) is 14.2 Å². The number of halogens is 1. The van der Waals surface area contributed by atoms with E-state index in [2.05, 4.69) is 4.98 Å². The van der Waals surface area contributed by atoms with Crippen molar-refractivity contribution in [2.24, 2.45) is 18.9 Å². The van der Waals surface area contributed by atoms with Gasteiger partial charge in [0.1, 0.15) is 37.2 Å². The summed E-state index contributed by atoms with van der Waals surface area (Å²) in [6.07, 6.45) is 3.45. The molecule has 2 heterocycles. The molecule has 352 valence electrons. The van der Waals surface area contributed by atoms with Crippen molar-refractivity contribution in [3.05, 3.63) is 234 Å². The van der Waals surface area contributed by atoms with E-state index in [1.54, 1.807) is 23.2 Å². The smallest absolute Gasteiger partial charge is 0.321 e. The van der Waals surface area contributed by atoms with Crippen LogP contribution in [0.4, 0.5) is 10.1 Å². The van der Waals surface area contributed by atoms with Gasteiger partial charge in [-0.05, 0) is 101 Å². The Bertz CT molecular complexity index is 2960. The number of β-lactam (4-membered cyclic amide) rings is 1. The first-order valence-corrected chi connectivity index (χ1v) is 23.3. The Morgan fingerprint density at radius 3 is 1.79 bits per heavy atom. The second kappa shape index (κ2) is 21.9. The van der Waals surface area contributed by atoms with Crippen LogP contribution in [0.2, 0.25) is 0 Å². The SMILES string of the molecule is Cn1ccnc1-c1ccc(N2C(=O)[C@H](CC[C@H](O)c3ccc(F)cc3)[C@H]2c2ccc(-c3ccc(CC(C(=O)OCc4ccccc4)C(=O)OCc4ccccc4)cc3)cc2OCc2ccccc2)cc1. The Morgan fingerprint density at radius 2 is 1.21 bits per heavy atom. The van der Waals surface area contributed by atoms with Gasteiger partial charge in [0.15, 0.2) is 5.92 Å². The van der Waals surface area contributed by atoms with Crippen molar-refractivity contribution in [3.63, 3.8) is 0 Å². The fraction of sp³-hybridized carbons (Fsp3) is 0.186. The molecule has 1 aliphatic rings. The third kappa shape index (κ3) is 11.1. The zero-order chi connectivity index (χ0) is 48.4. The van der Waals surface area contributed by atoms with Crippen LogP contribution in [0, 0.1) is 17.7 Å². The normalized spacial score (nSPS) is 14.7. The van der Waals surface area contributed by atoms with Crippen molar-refractivity contribution >= 4 is 23.5 Å². The number of carbonyl (C=O) groups excluding carboxylic acids is 3. The zero-order valence-corrected chi connectivity index (χ0v) is 38.6. The average Bonchev–Trinajstić information content (AvgIpc) is 3.84. The Labute approximate surface area is 406 Å². The van der Waals surface area contributed by atoms with Crippen molar-refractivity contribution in [2.45, 2.75) is 51.2 Å². The zero-order valence-electron chi connectivity index (χ0n) is 38.6. The number of aliphatic hydroxyl groups excluding tert-OH is 1. The molecule has 1 aliphatic heterocycles. The van der Waals surface area contributed by atoms with Gasteiger partial charge in [-0.3, -0.25) is 14.4 Å². The van der Waals surface area contributed by atoms with Gasteiger partial charge in [0.2, 0.25) is 5.91 Å². The van der Waals surface area contributed by atoms with Crippen molar-refractivity contribution in [1.82, 2.24) is 9.55 Å². The molecule has 70 heavy (non-hydrogen) atoms. The summed E-state index contributed by atoms with van der Waals surface area (Å²) in [6, 6.07) is 55.2. The van der Waals surface area contributed by atoms with Crippen LogP contribution in [-0.4, -0.2) is 32.5 Å². The summed E-state index contributed by atoms with van der Waals surface area (Å²) in [7, 11) is 1.93. The molecule has 11 heteroatoms. The molecule has 9 rings (SSSR count). The number of hydrogen-bond donors (Lipinski definition) is 1. The Kier molecular flexibility index (Phi) is 14.7. The summed E-state index contributed by atoms with van der Waals surface area (Å²) >= 11 is 0. The molecule has 8 aromatic rings. The number of rotatable bonds is 19. The lowest BCUT2D eigenvalue weighted by Crippen LogP contribution is -2.55. The van der Waals surface area contributed by atoms with Gasteiger partial charge in [-0.25, -0.2) is 9.37 Å². The second-order valence-electron chi connectivity index (χ2n) is 17.5. The Balaban J connectivity index is 1.00. The molecule has 1 aromatic heterocycles. The minimum absolute atomic E-state index is 0.0232. The number of aliphatic hydroxyl groups is 1. The molecule has 0 bridgehead atoms. The van der Waals surface area contributed by atoms with Crippen molar-refractivity contribution in [1.29, 1.82) is 0 Å². The van der Waals surface area contributed by atoms with E-state index in [0.717, 1.165) is 50.3 Å². The van der Waals surface area contributed by atoms with Crippen LogP contribution >= 0.6 is 0 Å². The number of anilines is 1. The maximum Gasteiger partial charge on any atom is 0.321 e. The van der Waals surface area contributed by atoms with E-state index in [-0.39, 0.29) is 44.4 Å². The summed E-state index contributed by atoms with van der Waals surface area (Å²) in [4.78, 5) is 47.8. The lowest BCUT2D eigenvalue weighted by Gasteiger charge is -2.48. The highest BCUT2D eigenvalue weighted by Crippen LogP contribution is 2.50. The highest BCUT2D eigenvalue weighted by atomic mass is 19.1.